The number of nitrogens with zero attached hydrogens (tertiary/aromatic N) is 4. The van der Waals surface area contributed by atoms with Gasteiger partial charge in [0.05, 0.1) is 29.0 Å². The average molecular weight is 505 g/mol. The van der Waals surface area contributed by atoms with E-state index in [1.807, 2.05) is 30.3 Å². The normalized spacial score (nSPS) is 17.2. The molecule has 0 N–H and O–H groups in total. The number of halogens is 1. The Labute approximate surface area is 209 Å². The molecular formula is C27H25FN4O3S. The van der Waals surface area contributed by atoms with Gasteiger partial charge in [0.2, 0.25) is 10.0 Å². The summed E-state index contributed by atoms with van der Waals surface area (Å²) < 4.78 is 39.4. The summed E-state index contributed by atoms with van der Waals surface area (Å²) in [5.74, 6) is -0.265. The Bertz CT molecular complexity index is 1520. The molecule has 2 fully saturated rings. The van der Waals surface area contributed by atoms with E-state index in [2.05, 4.69) is 11.1 Å². The van der Waals surface area contributed by atoms with Crippen molar-refractivity contribution >= 4 is 32.4 Å². The first-order valence-corrected chi connectivity index (χ1v) is 13.6. The molecular weight excluding hydrogens is 479 g/mol. The quantitative estimate of drug-likeness (QED) is 0.488. The predicted octanol–water partition coefficient (Wildman–Crippen LogP) is 4.08. The van der Waals surface area contributed by atoms with Crippen LogP contribution in [0.25, 0.3) is 27.6 Å². The summed E-state index contributed by atoms with van der Waals surface area (Å²) in [4.78, 5) is 19.6. The predicted molar refractivity (Wildman–Crippen MR) is 136 cm³/mol. The molecule has 0 spiro atoms. The molecule has 1 saturated heterocycles. The molecule has 2 aromatic carbocycles. The maximum absolute atomic E-state index is 14.3. The van der Waals surface area contributed by atoms with E-state index >= 15 is 0 Å². The number of aromatic nitrogens is 1. The summed E-state index contributed by atoms with van der Waals surface area (Å²) in [7, 11) is -3.33. The van der Waals surface area contributed by atoms with Gasteiger partial charge in [0.15, 0.2) is 0 Å². The van der Waals surface area contributed by atoms with Crippen molar-refractivity contribution in [1.82, 2.24) is 14.2 Å². The molecule has 2 heterocycles. The second kappa shape index (κ2) is 9.45. The number of carbonyl (C=O) groups is 1. The standard InChI is InChI=1S/C27H25FN4O3S/c1-36(34,35)32-12-10-31(11-13-32)27(33)24-17-30-25-9-8-22(28)15-23(25)26(24)20-6-4-19(5-7-20)21(16-29)14-18-2-3-18/h4-9,14-15,17-18H,2-3,10-13H2,1H3/b21-14+. The summed E-state index contributed by atoms with van der Waals surface area (Å²) in [5, 5.41) is 10.1. The molecule has 184 valence electrons. The smallest absolute Gasteiger partial charge is 0.256 e. The molecule has 1 aliphatic carbocycles. The molecule has 1 aliphatic heterocycles. The van der Waals surface area contributed by atoms with Crippen molar-refractivity contribution in [2.45, 2.75) is 12.8 Å². The lowest BCUT2D eigenvalue weighted by Crippen LogP contribution is -2.50. The number of fused-ring (bicyclic) bond motifs is 1. The van der Waals surface area contributed by atoms with Crippen LogP contribution in [0.3, 0.4) is 0 Å². The number of sulfonamides is 1. The molecule has 0 atom stereocenters. The van der Waals surface area contributed by atoms with Gasteiger partial charge in [-0.05, 0) is 48.1 Å². The van der Waals surface area contributed by atoms with E-state index in [1.54, 1.807) is 11.0 Å². The fourth-order valence-electron chi connectivity index (χ4n) is 4.54. The Morgan fingerprint density at radius 2 is 1.81 bits per heavy atom. The van der Waals surface area contributed by atoms with Crippen molar-refractivity contribution in [1.29, 1.82) is 5.26 Å². The molecule has 36 heavy (non-hydrogen) atoms. The summed E-state index contributed by atoms with van der Waals surface area (Å²) in [5.41, 5.74) is 3.56. The SMILES string of the molecule is CS(=O)(=O)N1CCN(C(=O)c2cnc3ccc(F)cc3c2-c2ccc(/C(C#N)=C/C3CC3)cc2)CC1. The first-order valence-electron chi connectivity index (χ1n) is 11.8. The molecule has 9 heteroatoms. The van der Waals surface area contributed by atoms with Crippen LogP contribution in [0.5, 0.6) is 0 Å². The maximum Gasteiger partial charge on any atom is 0.256 e. The number of nitriles is 1. The van der Waals surface area contributed by atoms with Crippen molar-refractivity contribution in [2.75, 3.05) is 32.4 Å². The molecule has 1 aromatic heterocycles. The monoisotopic (exact) mass is 504 g/mol. The van der Waals surface area contributed by atoms with Crippen molar-refractivity contribution in [3.05, 3.63) is 71.7 Å². The van der Waals surface area contributed by atoms with Crippen molar-refractivity contribution < 1.29 is 17.6 Å². The third-order valence-electron chi connectivity index (χ3n) is 6.68. The third kappa shape index (κ3) is 4.87. The molecule has 2 aliphatic rings. The molecule has 0 bridgehead atoms. The molecule has 1 saturated carbocycles. The highest BCUT2D eigenvalue weighted by molar-refractivity contribution is 7.88. The Morgan fingerprint density at radius 1 is 1.11 bits per heavy atom. The summed E-state index contributed by atoms with van der Waals surface area (Å²) in [6.45, 7) is 0.939. The Kier molecular flexibility index (Phi) is 6.33. The van der Waals surface area contributed by atoms with E-state index in [4.69, 9.17) is 0 Å². The second-order valence-corrected chi connectivity index (χ2v) is 11.3. The Hall–Kier alpha value is -3.61. The minimum atomic E-state index is -3.33. The van der Waals surface area contributed by atoms with Crippen LogP contribution in [0.2, 0.25) is 0 Å². The van der Waals surface area contributed by atoms with Crippen molar-refractivity contribution in [2.24, 2.45) is 5.92 Å². The zero-order valence-corrected chi connectivity index (χ0v) is 20.6. The van der Waals surface area contributed by atoms with Crippen LogP contribution in [0, 0.1) is 23.1 Å². The van der Waals surface area contributed by atoms with Crippen LogP contribution in [-0.2, 0) is 10.0 Å². The van der Waals surface area contributed by atoms with E-state index in [-0.39, 0.29) is 32.1 Å². The van der Waals surface area contributed by atoms with Gasteiger partial charge < -0.3 is 4.90 Å². The van der Waals surface area contributed by atoms with Gasteiger partial charge >= 0.3 is 0 Å². The maximum atomic E-state index is 14.3. The number of hydrogen-bond acceptors (Lipinski definition) is 5. The van der Waals surface area contributed by atoms with Crippen LogP contribution in [-0.4, -0.2) is 60.9 Å². The first kappa shape index (κ1) is 24.1. The van der Waals surface area contributed by atoms with E-state index in [0.29, 0.717) is 39.1 Å². The minimum Gasteiger partial charge on any atom is -0.336 e. The van der Waals surface area contributed by atoms with Crippen LogP contribution in [0.15, 0.2) is 54.7 Å². The van der Waals surface area contributed by atoms with Gasteiger partial charge in [0, 0.05) is 43.3 Å². The van der Waals surface area contributed by atoms with Gasteiger partial charge in [-0.25, -0.2) is 12.8 Å². The lowest BCUT2D eigenvalue weighted by molar-refractivity contribution is 0.0699. The van der Waals surface area contributed by atoms with E-state index in [0.717, 1.165) is 24.7 Å². The Morgan fingerprint density at radius 3 is 2.42 bits per heavy atom. The molecule has 7 nitrogen and oxygen atoms in total. The van der Waals surface area contributed by atoms with Crippen LogP contribution in [0.4, 0.5) is 4.39 Å². The highest BCUT2D eigenvalue weighted by Gasteiger charge is 2.29. The van der Waals surface area contributed by atoms with Gasteiger partial charge in [-0.3, -0.25) is 9.78 Å². The Balaban J connectivity index is 1.54. The molecule has 1 amide bonds. The van der Waals surface area contributed by atoms with Gasteiger partial charge in [0.1, 0.15) is 5.82 Å². The number of rotatable bonds is 5. The second-order valence-electron chi connectivity index (χ2n) is 9.27. The number of allylic oxidation sites excluding steroid dienone is 2. The van der Waals surface area contributed by atoms with Crippen molar-refractivity contribution in [3.63, 3.8) is 0 Å². The lowest BCUT2D eigenvalue weighted by Gasteiger charge is -2.33. The zero-order valence-electron chi connectivity index (χ0n) is 19.8. The summed E-state index contributed by atoms with van der Waals surface area (Å²) >= 11 is 0. The number of hydrogen-bond donors (Lipinski definition) is 0. The van der Waals surface area contributed by atoms with E-state index < -0.39 is 15.8 Å². The zero-order chi connectivity index (χ0) is 25.4. The third-order valence-corrected chi connectivity index (χ3v) is 7.99. The fourth-order valence-corrected chi connectivity index (χ4v) is 5.37. The number of benzene rings is 2. The van der Waals surface area contributed by atoms with Gasteiger partial charge in [-0.1, -0.05) is 30.3 Å². The summed E-state index contributed by atoms with van der Waals surface area (Å²) in [6, 6.07) is 13.9. The highest BCUT2D eigenvalue weighted by atomic mass is 32.2. The molecule has 5 rings (SSSR count). The lowest BCUT2D eigenvalue weighted by atomic mass is 9.93. The fraction of sp³-hybridized carbons (Fsp3) is 0.296. The van der Waals surface area contributed by atoms with Gasteiger partial charge in [0.25, 0.3) is 5.91 Å². The molecule has 0 radical (unpaired) electrons. The van der Waals surface area contributed by atoms with Crippen LogP contribution < -0.4 is 0 Å². The summed E-state index contributed by atoms with van der Waals surface area (Å²) in [6.07, 6.45) is 6.86. The van der Waals surface area contributed by atoms with Crippen LogP contribution >= 0.6 is 0 Å². The number of pyridine rings is 1. The van der Waals surface area contributed by atoms with Gasteiger partial charge in [-0.15, -0.1) is 0 Å². The average Bonchev–Trinajstić information content (AvgIpc) is 3.70. The number of piperazine rings is 1. The molecule has 3 aromatic rings. The highest BCUT2D eigenvalue weighted by Crippen LogP contribution is 2.35. The largest absolute Gasteiger partial charge is 0.336 e. The van der Waals surface area contributed by atoms with E-state index in [9.17, 15) is 22.9 Å². The van der Waals surface area contributed by atoms with Gasteiger partial charge in [-0.2, -0.15) is 9.57 Å². The van der Waals surface area contributed by atoms with Crippen LogP contribution in [0.1, 0.15) is 28.8 Å². The van der Waals surface area contributed by atoms with Crippen molar-refractivity contribution in [3.8, 4) is 17.2 Å². The first-order chi connectivity index (χ1) is 17.2. The number of carbonyl (C=O) groups excluding carboxylic acids is 1. The topological polar surface area (TPSA) is 94.4 Å². The minimum absolute atomic E-state index is 0.217. The number of amides is 1. The van der Waals surface area contributed by atoms with E-state index in [1.165, 1.54) is 22.6 Å². The molecule has 0 unspecified atom stereocenters.